The van der Waals surface area contributed by atoms with E-state index in [1.54, 1.807) is 11.8 Å². The molecule has 2 rings (SSSR count). The van der Waals surface area contributed by atoms with Gasteiger partial charge in [-0.15, -0.1) is 0 Å². The molecular weight excluding hydrogens is 264 g/mol. The first-order valence-electron chi connectivity index (χ1n) is 6.77. The molecule has 7 nitrogen and oxygen atoms in total. The van der Waals surface area contributed by atoms with Gasteiger partial charge < -0.3 is 20.1 Å². The smallest absolute Gasteiger partial charge is 0.313 e. The summed E-state index contributed by atoms with van der Waals surface area (Å²) in [6, 6.07) is -0.557. The number of carbonyl (C=O) groups excluding carboxylic acids is 2. The Bertz CT molecular complexity index is 438. The molecule has 0 aromatic rings. The molecule has 3 atom stereocenters. The van der Waals surface area contributed by atoms with Crippen molar-refractivity contribution in [2.24, 2.45) is 11.3 Å². The van der Waals surface area contributed by atoms with Crippen molar-refractivity contribution >= 4 is 17.8 Å². The van der Waals surface area contributed by atoms with Gasteiger partial charge in [0.25, 0.3) is 0 Å². The van der Waals surface area contributed by atoms with E-state index in [2.05, 4.69) is 5.32 Å². The van der Waals surface area contributed by atoms with E-state index in [1.807, 2.05) is 6.92 Å². The van der Waals surface area contributed by atoms with Gasteiger partial charge in [0.2, 0.25) is 11.8 Å². The fourth-order valence-electron chi connectivity index (χ4n) is 2.63. The van der Waals surface area contributed by atoms with Gasteiger partial charge in [-0.05, 0) is 13.8 Å². The highest BCUT2D eigenvalue weighted by Crippen LogP contribution is 2.29. The number of amides is 2. The van der Waals surface area contributed by atoms with Crippen LogP contribution < -0.4 is 5.32 Å². The third kappa shape index (κ3) is 2.49. The number of likely N-dealkylation sites (tertiary alicyclic amines) is 1. The predicted octanol–water partition coefficient (Wildman–Crippen LogP) is -0.539. The molecule has 0 aliphatic carbocycles. The van der Waals surface area contributed by atoms with Crippen LogP contribution in [-0.4, -0.2) is 60.1 Å². The van der Waals surface area contributed by atoms with Crippen LogP contribution in [0.3, 0.4) is 0 Å². The van der Waals surface area contributed by atoms with Crippen molar-refractivity contribution in [3.05, 3.63) is 0 Å². The van der Waals surface area contributed by atoms with E-state index in [-0.39, 0.29) is 31.4 Å². The largest absolute Gasteiger partial charge is 0.481 e. The molecule has 0 spiro atoms. The Morgan fingerprint density at radius 2 is 2.25 bits per heavy atom. The van der Waals surface area contributed by atoms with Crippen LogP contribution in [0.5, 0.6) is 0 Å². The molecule has 2 aliphatic rings. The molecule has 20 heavy (non-hydrogen) atoms. The molecule has 0 saturated carbocycles. The van der Waals surface area contributed by atoms with Gasteiger partial charge in [-0.25, -0.2) is 0 Å². The minimum atomic E-state index is -1.11. The molecular formula is C13H20N2O5. The summed E-state index contributed by atoms with van der Waals surface area (Å²) >= 11 is 0. The van der Waals surface area contributed by atoms with Gasteiger partial charge in [-0.1, -0.05) is 0 Å². The fourth-order valence-corrected chi connectivity index (χ4v) is 2.63. The third-order valence-corrected chi connectivity index (χ3v) is 4.23. The molecule has 2 N–H and O–H groups in total. The lowest BCUT2D eigenvalue weighted by molar-refractivity contribution is -0.149. The maximum atomic E-state index is 12.2. The van der Waals surface area contributed by atoms with Crippen LogP contribution in [0.2, 0.25) is 0 Å². The number of aliphatic carboxylic acids is 1. The molecule has 2 saturated heterocycles. The van der Waals surface area contributed by atoms with Crippen molar-refractivity contribution in [1.29, 1.82) is 0 Å². The molecule has 3 unspecified atom stereocenters. The average Bonchev–Trinajstić information content (AvgIpc) is 2.94. The topological polar surface area (TPSA) is 95.9 Å². The van der Waals surface area contributed by atoms with Gasteiger partial charge >= 0.3 is 5.97 Å². The fraction of sp³-hybridized carbons (Fsp3) is 0.769. The van der Waals surface area contributed by atoms with E-state index in [0.29, 0.717) is 13.1 Å². The molecule has 7 heteroatoms. The summed E-state index contributed by atoms with van der Waals surface area (Å²) in [6.07, 6.45) is 0.192. The minimum Gasteiger partial charge on any atom is -0.481 e. The number of hydrogen-bond acceptors (Lipinski definition) is 4. The molecule has 2 heterocycles. The van der Waals surface area contributed by atoms with E-state index in [9.17, 15) is 19.5 Å². The summed E-state index contributed by atoms with van der Waals surface area (Å²) < 4.78 is 5.19. The zero-order chi connectivity index (χ0) is 14.9. The van der Waals surface area contributed by atoms with Crippen molar-refractivity contribution in [3.63, 3.8) is 0 Å². The lowest BCUT2D eigenvalue weighted by Crippen LogP contribution is -2.51. The summed E-state index contributed by atoms with van der Waals surface area (Å²) in [7, 11) is 0. The number of carboxylic acid groups (broad SMARTS) is 1. The molecule has 2 aliphatic heterocycles. The van der Waals surface area contributed by atoms with Gasteiger partial charge in [-0.3, -0.25) is 14.4 Å². The summed E-state index contributed by atoms with van der Waals surface area (Å²) in [5, 5.41) is 12.0. The second kappa shape index (κ2) is 5.40. The third-order valence-electron chi connectivity index (χ3n) is 4.23. The number of hydrogen-bond donors (Lipinski definition) is 2. The van der Waals surface area contributed by atoms with Crippen molar-refractivity contribution in [2.75, 3.05) is 26.3 Å². The molecule has 2 fully saturated rings. The van der Waals surface area contributed by atoms with Crippen LogP contribution >= 0.6 is 0 Å². The maximum absolute atomic E-state index is 12.2. The Balaban J connectivity index is 1.99. The van der Waals surface area contributed by atoms with Gasteiger partial charge in [0.15, 0.2) is 0 Å². The van der Waals surface area contributed by atoms with Crippen LogP contribution in [0.1, 0.15) is 20.3 Å². The number of nitrogens with zero attached hydrogens (tertiary/aromatic N) is 1. The SMILES string of the molecule is CCN1CC(C(=O)NC2COCC2(C)C(=O)O)CC1=O. The Morgan fingerprint density at radius 1 is 1.55 bits per heavy atom. The lowest BCUT2D eigenvalue weighted by Gasteiger charge is -2.26. The van der Waals surface area contributed by atoms with Crippen molar-refractivity contribution in [3.8, 4) is 0 Å². The van der Waals surface area contributed by atoms with E-state index >= 15 is 0 Å². The Morgan fingerprint density at radius 3 is 2.80 bits per heavy atom. The first-order chi connectivity index (χ1) is 9.38. The molecule has 2 amide bonds. The predicted molar refractivity (Wildman–Crippen MR) is 68.9 cm³/mol. The van der Waals surface area contributed by atoms with E-state index in [4.69, 9.17) is 4.74 Å². The van der Waals surface area contributed by atoms with Crippen LogP contribution in [-0.2, 0) is 19.1 Å². The van der Waals surface area contributed by atoms with Crippen LogP contribution in [0, 0.1) is 11.3 Å². The summed E-state index contributed by atoms with van der Waals surface area (Å²) in [5.41, 5.74) is -1.11. The molecule has 0 bridgehead atoms. The molecule has 112 valence electrons. The van der Waals surface area contributed by atoms with Gasteiger partial charge in [-0.2, -0.15) is 0 Å². The van der Waals surface area contributed by atoms with Gasteiger partial charge in [0.05, 0.1) is 25.2 Å². The minimum absolute atomic E-state index is 0.0312. The van der Waals surface area contributed by atoms with E-state index in [0.717, 1.165) is 0 Å². The van der Waals surface area contributed by atoms with E-state index < -0.39 is 23.3 Å². The van der Waals surface area contributed by atoms with Crippen molar-refractivity contribution < 1.29 is 24.2 Å². The lowest BCUT2D eigenvalue weighted by atomic mass is 9.85. The highest BCUT2D eigenvalue weighted by Gasteiger charge is 2.48. The second-order valence-corrected chi connectivity index (χ2v) is 5.63. The number of nitrogens with one attached hydrogen (secondary N) is 1. The summed E-state index contributed by atoms with van der Waals surface area (Å²) in [5.74, 6) is -1.69. The number of rotatable bonds is 4. The zero-order valence-corrected chi connectivity index (χ0v) is 11.7. The van der Waals surface area contributed by atoms with Crippen molar-refractivity contribution in [2.45, 2.75) is 26.3 Å². The number of ether oxygens (including phenoxy) is 1. The second-order valence-electron chi connectivity index (χ2n) is 5.63. The monoisotopic (exact) mass is 284 g/mol. The van der Waals surface area contributed by atoms with Crippen LogP contribution in [0.15, 0.2) is 0 Å². The molecule has 0 radical (unpaired) electrons. The van der Waals surface area contributed by atoms with Gasteiger partial charge in [0.1, 0.15) is 5.41 Å². The first-order valence-corrected chi connectivity index (χ1v) is 6.77. The number of carboxylic acids is 1. The maximum Gasteiger partial charge on any atom is 0.313 e. The Labute approximate surface area is 117 Å². The van der Waals surface area contributed by atoms with Crippen LogP contribution in [0.4, 0.5) is 0 Å². The van der Waals surface area contributed by atoms with E-state index in [1.165, 1.54) is 0 Å². The highest BCUT2D eigenvalue weighted by atomic mass is 16.5. The Hall–Kier alpha value is -1.63. The number of carbonyl (C=O) groups is 3. The molecule has 0 aromatic carbocycles. The average molecular weight is 284 g/mol. The normalized spacial score (nSPS) is 33.5. The van der Waals surface area contributed by atoms with Crippen molar-refractivity contribution in [1.82, 2.24) is 10.2 Å². The van der Waals surface area contributed by atoms with Crippen LogP contribution in [0.25, 0.3) is 0 Å². The zero-order valence-electron chi connectivity index (χ0n) is 11.7. The summed E-state index contributed by atoms with van der Waals surface area (Å²) in [4.78, 5) is 36.7. The standard InChI is InChI=1S/C13H20N2O5/c1-3-15-5-8(4-10(15)16)11(17)14-9-6-20-7-13(9,2)12(18)19/h8-9H,3-7H2,1-2H3,(H,14,17)(H,18,19). The highest BCUT2D eigenvalue weighted by molar-refractivity contribution is 5.89. The molecule has 0 aromatic heterocycles. The quantitative estimate of drug-likeness (QED) is 0.723. The first kappa shape index (κ1) is 14.8. The Kier molecular flexibility index (Phi) is 3.99. The van der Waals surface area contributed by atoms with Gasteiger partial charge in [0, 0.05) is 19.5 Å². The summed E-state index contributed by atoms with van der Waals surface area (Å²) in [6.45, 7) is 4.68.